The third kappa shape index (κ3) is 6.63. The quantitative estimate of drug-likeness (QED) is 0.331. The van der Waals surface area contributed by atoms with Crippen LogP contribution in [0.25, 0.3) is 0 Å². The Kier molecular flexibility index (Phi) is 8.21. The molecule has 5 heteroatoms. The topological polar surface area (TPSA) is 47.6 Å². The van der Waals surface area contributed by atoms with Crippen LogP contribution in [-0.2, 0) is 11.2 Å². The van der Waals surface area contributed by atoms with Crippen LogP contribution in [0, 0.1) is 9.49 Å². The van der Waals surface area contributed by atoms with Gasteiger partial charge in [-0.2, -0.15) is 0 Å². The summed E-state index contributed by atoms with van der Waals surface area (Å²) in [6.45, 7) is 3.51. The number of benzene rings is 2. The van der Waals surface area contributed by atoms with Gasteiger partial charge in [-0.1, -0.05) is 19.1 Å². The summed E-state index contributed by atoms with van der Waals surface area (Å²) in [5.74, 6) is 3.08. The molecule has 1 N–H and O–H groups in total. The molecule has 1 aliphatic carbocycles. The Balaban J connectivity index is 1.46. The molecule has 1 fully saturated rings. The van der Waals surface area contributed by atoms with E-state index in [9.17, 15) is 4.79 Å². The van der Waals surface area contributed by atoms with Crippen LogP contribution in [0.1, 0.15) is 49.7 Å². The summed E-state index contributed by atoms with van der Waals surface area (Å²) >= 11 is 2.40. The number of amides is 1. The molecule has 0 spiro atoms. The van der Waals surface area contributed by atoms with Crippen molar-refractivity contribution in [2.75, 3.05) is 20.3 Å². The number of carbonyl (C=O) groups is 1. The van der Waals surface area contributed by atoms with E-state index < -0.39 is 0 Å². The molecule has 2 aromatic rings. The molecule has 1 amide bonds. The number of hydrogen-bond acceptors (Lipinski definition) is 3. The predicted octanol–water partition coefficient (Wildman–Crippen LogP) is 5.33. The van der Waals surface area contributed by atoms with E-state index in [0.717, 1.165) is 43.7 Å². The molecule has 3 rings (SSSR count). The Morgan fingerprint density at radius 3 is 2.86 bits per heavy atom. The van der Waals surface area contributed by atoms with Gasteiger partial charge in [0.15, 0.2) is 0 Å². The van der Waals surface area contributed by atoms with Crippen LogP contribution in [0.3, 0.4) is 0 Å². The first-order valence-electron chi connectivity index (χ1n) is 10.4. The zero-order chi connectivity index (χ0) is 20.6. The van der Waals surface area contributed by atoms with Gasteiger partial charge in [0.05, 0.1) is 13.7 Å². The third-order valence-corrected chi connectivity index (χ3v) is 6.32. The van der Waals surface area contributed by atoms with Crippen molar-refractivity contribution in [3.05, 3.63) is 57.2 Å². The summed E-state index contributed by atoms with van der Waals surface area (Å²) in [5, 5.41) is 3.06. The molecular weight excluding hydrogens is 477 g/mol. The highest BCUT2D eigenvalue weighted by Gasteiger charge is 2.39. The Morgan fingerprint density at radius 1 is 1.21 bits per heavy atom. The van der Waals surface area contributed by atoms with Gasteiger partial charge in [0.2, 0.25) is 5.91 Å². The molecule has 0 radical (unpaired) electrons. The van der Waals surface area contributed by atoms with E-state index in [1.165, 1.54) is 14.7 Å². The van der Waals surface area contributed by atoms with Gasteiger partial charge in [-0.3, -0.25) is 4.79 Å². The first kappa shape index (κ1) is 21.9. The van der Waals surface area contributed by atoms with E-state index in [0.29, 0.717) is 24.9 Å². The number of rotatable bonds is 11. The normalized spacial score (nSPS) is 17.6. The molecule has 0 bridgehead atoms. The molecule has 1 aliphatic rings. The molecule has 0 unspecified atom stereocenters. The van der Waals surface area contributed by atoms with Crippen LogP contribution < -0.4 is 14.8 Å². The zero-order valence-corrected chi connectivity index (χ0v) is 19.4. The maximum Gasteiger partial charge on any atom is 0.219 e. The molecule has 0 heterocycles. The van der Waals surface area contributed by atoms with Crippen LogP contribution in [0.4, 0.5) is 0 Å². The first-order chi connectivity index (χ1) is 14.1. The second kappa shape index (κ2) is 10.9. The summed E-state index contributed by atoms with van der Waals surface area (Å²) < 4.78 is 12.6. The third-order valence-electron chi connectivity index (χ3n) is 5.34. The van der Waals surface area contributed by atoms with E-state index in [1.807, 2.05) is 19.1 Å². The average molecular weight is 507 g/mol. The average Bonchev–Trinajstić information content (AvgIpc) is 3.50. The van der Waals surface area contributed by atoms with E-state index in [4.69, 9.17) is 9.47 Å². The fraction of sp³-hybridized carbons (Fsp3) is 0.458. The number of carbonyl (C=O) groups excluding carboxylic acids is 1. The maximum absolute atomic E-state index is 11.7. The SMILES string of the molecule is CCCC(=O)NC[C@@H]1C[C@H]1c1cc(OCCCc2cccc(OC)c2)ccc1I. The molecule has 0 saturated heterocycles. The minimum atomic E-state index is 0.168. The van der Waals surface area contributed by atoms with Crippen molar-refractivity contribution in [1.29, 1.82) is 0 Å². The Morgan fingerprint density at radius 2 is 2.07 bits per heavy atom. The van der Waals surface area contributed by atoms with Crippen molar-refractivity contribution >= 4 is 28.5 Å². The highest BCUT2D eigenvalue weighted by Crippen LogP contribution is 2.49. The fourth-order valence-corrected chi connectivity index (χ4v) is 4.34. The van der Waals surface area contributed by atoms with Crippen LogP contribution in [0.15, 0.2) is 42.5 Å². The summed E-state index contributed by atoms with van der Waals surface area (Å²) in [7, 11) is 1.69. The van der Waals surface area contributed by atoms with Gasteiger partial charge in [-0.15, -0.1) is 0 Å². The lowest BCUT2D eigenvalue weighted by Gasteiger charge is -2.11. The van der Waals surface area contributed by atoms with Crippen molar-refractivity contribution in [2.45, 2.75) is 44.9 Å². The van der Waals surface area contributed by atoms with E-state index in [-0.39, 0.29) is 5.91 Å². The second-order valence-corrected chi connectivity index (χ2v) is 8.81. The summed E-state index contributed by atoms with van der Waals surface area (Å²) in [4.78, 5) is 11.7. The molecular formula is C24H30INO3. The van der Waals surface area contributed by atoms with Crippen LogP contribution in [0.2, 0.25) is 0 Å². The van der Waals surface area contributed by atoms with Crippen molar-refractivity contribution in [1.82, 2.24) is 5.32 Å². The zero-order valence-electron chi connectivity index (χ0n) is 17.2. The van der Waals surface area contributed by atoms with Crippen molar-refractivity contribution in [2.24, 2.45) is 5.92 Å². The van der Waals surface area contributed by atoms with E-state index in [2.05, 4.69) is 58.2 Å². The number of methoxy groups -OCH3 is 1. The number of ether oxygens (including phenoxy) is 2. The van der Waals surface area contributed by atoms with Gasteiger partial charge < -0.3 is 14.8 Å². The van der Waals surface area contributed by atoms with Gasteiger partial charge >= 0.3 is 0 Å². The fourth-order valence-electron chi connectivity index (χ4n) is 3.60. The number of nitrogens with one attached hydrogen (secondary N) is 1. The van der Waals surface area contributed by atoms with Crippen LogP contribution >= 0.6 is 22.6 Å². The van der Waals surface area contributed by atoms with Gasteiger partial charge in [0.25, 0.3) is 0 Å². The van der Waals surface area contributed by atoms with Gasteiger partial charge in [-0.25, -0.2) is 0 Å². The minimum Gasteiger partial charge on any atom is -0.497 e. The molecule has 4 nitrogen and oxygen atoms in total. The van der Waals surface area contributed by atoms with Crippen molar-refractivity contribution in [3.63, 3.8) is 0 Å². The molecule has 1 saturated carbocycles. The lowest BCUT2D eigenvalue weighted by atomic mass is 10.1. The van der Waals surface area contributed by atoms with Gasteiger partial charge in [-0.05, 0) is 102 Å². The summed E-state index contributed by atoms with van der Waals surface area (Å²) in [6.07, 6.45) is 4.59. The lowest BCUT2D eigenvalue weighted by molar-refractivity contribution is -0.121. The Labute approximate surface area is 187 Å². The molecule has 29 heavy (non-hydrogen) atoms. The monoisotopic (exact) mass is 507 g/mol. The van der Waals surface area contributed by atoms with Crippen molar-refractivity contribution in [3.8, 4) is 11.5 Å². The van der Waals surface area contributed by atoms with Crippen LogP contribution in [-0.4, -0.2) is 26.2 Å². The minimum absolute atomic E-state index is 0.168. The van der Waals surface area contributed by atoms with E-state index >= 15 is 0 Å². The number of halogens is 1. The maximum atomic E-state index is 11.7. The Bertz CT molecular complexity index is 824. The van der Waals surface area contributed by atoms with Crippen LogP contribution in [0.5, 0.6) is 11.5 Å². The van der Waals surface area contributed by atoms with Crippen molar-refractivity contribution < 1.29 is 14.3 Å². The molecule has 2 atom stereocenters. The highest BCUT2D eigenvalue weighted by molar-refractivity contribution is 14.1. The first-order valence-corrected chi connectivity index (χ1v) is 11.5. The van der Waals surface area contributed by atoms with Gasteiger partial charge in [0, 0.05) is 16.5 Å². The van der Waals surface area contributed by atoms with E-state index in [1.54, 1.807) is 7.11 Å². The smallest absolute Gasteiger partial charge is 0.219 e. The second-order valence-electron chi connectivity index (χ2n) is 7.64. The molecule has 156 valence electrons. The largest absolute Gasteiger partial charge is 0.497 e. The Hall–Kier alpha value is -1.76. The predicted molar refractivity (Wildman–Crippen MR) is 125 cm³/mol. The summed E-state index contributed by atoms with van der Waals surface area (Å²) in [5.41, 5.74) is 2.62. The number of hydrogen-bond donors (Lipinski definition) is 1. The standard InChI is InChI=1S/C24H30INO3/c1-3-6-24(27)26-16-18-14-21(18)22-15-20(10-11-23(22)25)29-12-5-8-17-7-4-9-19(13-17)28-2/h4,7,9-11,13,15,18,21H,3,5-6,8,12,14,16H2,1-2H3,(H,26,27)/t18-,21+/m0/s1. The number of aryl methyl sites for hydroxylation is 1. The summed E-state index contributed by atoms with van der Waals surface area (Å²) in [6, 6.07) is 14.6. The highest BCUT2D eigenvalue weighted by atomic mass is 127. The molecule has 0 aliphatic heterocycles. The molecule has 2 aromatic carbocycles. The lowest BCUT2D eigenvalue weighted by Crippen LogP contribution is -2.25. The van der Waals surface area contributed by atoms with Gasteiger partial charge in [0.1, 0.15) is 11.5 Å². The molecule has 0 aromatic heterocycles.